The van der Waals surface area contributed by atoms with Gasteiger partial charge in [0.15, 0.2) is 0 Å². The summed E-state index contributed by atoms with van der Waals surface area (Å²) in [5.74, 6) is 0.506. The van der Waals surface area contributed by atoms with Crippen LogP contribution < -0.4 is 11.5 Å². The first-order chi connectivity index (χ1) is 6.27. The highest BCUT2D eigenvalue weighted by atomic mass is 16.5. The Hall–Kier alpha value is -2.04. The summed E-state index contributed by atoms with van der Waals surface area (Å²) in [6, 6.07) is 5.21. The fourth-order valence-electron chi connectivity index (χ4n) is 1.01. The van der Waals surface area contributed by atoms with Gasteiger partial charge in [0.1, 0.15) is 0 Å². The number of nitrogens with two attached hydrogens (primary N) is 2. The van der Waals surface area contributed by atoms with Crippen molar-refractivity contribution >= 4 is 11.4 Å². The highest BCUT2D eigenvalue weighted by molar-refractivity contribution is 5.71. The van der Waals surface area contributed by atoms with Crippen LogP contribution in [-0.2, 0) is 0 Å². The maximum atomic E-state index is 5.62. The van der Waals surface area contributed by atoms with Crippen LogP contribution in [-0.4, -0.2) is 10.1 Å². The molecule has 4 N–H and O–H groups in total. The van der Waals surface area contributed by atoms with E-state index in [0.29, 0.717) is 17.2 Å². The Morgan fingerprint density at radius 2 is 2.00 bits per heavy atom. The Labute approximate surface area is 74.4 Å². The zero-order chi connectivity index (χ0) is 9.26. The third kappa shape index (κ3) is 1.31. The molecule has 0 saturated carbocycles. The van der Waals surface area contributed by atoms with Crippen molar-refractivity contribution in [3.63, 3.8) is 0 Å². The average molecular weight is 176 g/mol. The van der Waals surface area contributed by atoms with Crippen LogP contribution in [0.3, 0.4) is 0 Å². The molecule has 0 radical (unpaired) electrons. The van der Waals surface area contributed by atoms with Gasteiger partial charge in [-0.3, -0.25) is 0 Å². The molecule has 5 heteroatoms. The van der Waals surface area contributed by atoms with Crippen molar-refractivity contribution in [2.45, 2.75) is 0 Å². The summed E-state index contributed by atoms with van der Waals surface area (Å²) in [6.45, 7) is 0. The van der Waals surface area contributed by atoms with Crippen molar-refractivity contribution in [1.82, 2.24) is 10.1 Å². The van der Waals surface area contributed by atoms with E-state index >= 15 is 0 Å². The number of nitrogens with zero attached hydrogens (tertiary/aromatic N) is 2. The first kappa shape index (κ1) is 7.60. The second-order valence-corrected chi connectivity index (χ2v) is 2.60. The standard InChI is InChI=1S/C8H8N4O/c9-6-2-1-5(3-7(6)10)8-11-4-13-12-8/h1-4H,9-10H2. The van der Waals surface area contributed by atoms with Gasteiger partial charge in [-0.25, -0.2) is 0 Å². The van der Waals surface area contributed by atoms with Crippen molar-refractivity contribution < 1.29 is 4.52 Å². The van der Waals surface area contributed by atoms with E-state index in [1.54, 1.807) is 18.2 Å². The van der Waals surface area contributed by atoms with Crippen molar-refractivity contribution in [1.29, 1.82) is 0 Å². The zero-order valence-corrected chi connectivity index (χ0v) is 6.77. The average Bonchev–Trinajstić information content (AvgIpc) is 2.62. The molecule has 0 aliphatic carbocycles. The second kappa shape index (κ2) is 2.78. The van der Waals surface area contributed by atoms with E-state index in [0.717, 1.165) is 5.56 Å². The summed E-state index contributed by atoms with van der Waals surface area (Å²) in [5, 5.41) is 3.67. The number of anilines is 2. The smallest absolute Gasteiger partial charge is 0.214 e. The fourth-order valence-corrected chi connectivity index (χ4v) is 1.01. The number of hydrogen-bond donors (Lipinski definition) is 2. The lowest BCUT2D eigenvalue weighted by atomic mass is 10.1. The van der Waals surface area contributed by atoms with E-state index in [4.69, 9.17) is 11.5 Å². The highest BCUT2D eigenvalue weighted by Gasteiger charge is 2.03. The summed E-state index contributed by atoms with van der Waals surface area (Å²) < 4.78 is 4.61. The quantitative estimate of drug-likeness (QED) is 0.630. The predicted octanol–water partition coefficient (Wildman–Crippen LogP) is 0.901. The molecule has 1 aromatic carbocycles. The van der Waals surface area contributed by atoms with Crippen LogP contribution in [0.4, 0.5) is 11.4 Å². The van der Waals surface area contributed by atoms with E-state index in [2.05, 4.69) is 14.7 Å². The summed E-state index contributed by atoms with van der Waals surface area (Å²) in [6.07, 6.45) is 1.27. The molecule has 2 rings (SSSR count). The molecule has 0 unspecified atom stereocenters. The highest BCUT2D eigenvalue weighted by Crippen LogP contribution is 2.22. The van der Waals surface area contributed by atoms with Crippen molar-refractivity contribution in [2.75, 3.05) is 11.5 Å². The number of benzene rings is 1. The molecule has 0 fully saturated rings. The Morgan fingerprint density at radius 1 is 1.15 bits per heavy atom. The summed E-state index contributed by atoms with van der Waals surface area (Å²) in [7, 11) is 0. The molecule has 0 aliphatic rings. The molecule has 0 saturated heterocycles. The number of hydrogen-bond acceptors (Lipinski definition) is 5. The second-order valence-electron chi connectivity index (χ2n) is 2.60. The van der Waals surface area contributed by atoms with Gasteiger partial charge in [0.05, 0.1) is 11.4 Å². The molecule has 13 heavy (non-hydrogen) atoms. The van der Waals surface area contributed by atoms with Crippen molar-refractivity contribution in [2.24, 2.45) is 0 Å². The SMILES string of the molecule is Nc1ccc(-c2ncon2)cc1N. The molecule has 1 heterocycles. The summed E-state index contributed by atoms with van der Waals surface area (Å²) in [4.78, 5) is 3.88. The van der Waals surface area contributed by atoms with Gasteiger partial charge in [0.25, 0.3) is 0 Å². The van der Waals surface area contributed by atoms with Gasteiger partial charge in [0, 0.05) is 5.56 Å². The van der Waals surface area contributed by atoms with E-state index in [1.807, 2.05) is 0 Å². The van der Waals surface area contributed by atoms with E-state index in [1.165, 1.54) is 6.39 Å². The minimum atomic E-state index is 0.506. The topological polar surface area (TPSA) is 91.0 Å². The molecule has 0 atom stereocenters. The molecule has 66 valence electrons. The third-order valence-electron chi connectivity index (χ3n) is 1.71. The molecule has 0 amide bonds. The number of rotatable bonds is 1. The Kier molecular flexibility index (Phi) is 1.63. The molecule has 1 aromatic heterocycles. The monoisotopic (exact) mass is 176 g/mol. The van der Waals surface area contributed by atoms with Crippen molar-refractivity contribution in [3.05, 3.63) is 24.6 Å². The van der Waals surface area contributed by atoms with E-state index in [9.17, 15) is 0 Å². The summed E-state index contributed by atoms with van der Waals surface area (Å²) >= 11 is 0. The molecule has 0 bridgehead atoms. The number of nitrogen functional groups attached to an aromatic ring is 2. The minimum Gasteiger partial charge on any atom is -0.397 e. The lowest BCUT2D eigenvalue weighted by Gasteiger charge is -2.00. The predicted molar refractivity (Wildman–Crippen MR) is 48.6 cm³/mol. The van der Waals surface area contributed by atoms with E-state index < -0.39 is 0 Å². The lowest BCUT2D eigenvalue weighted by molar-refractivity contribution is 0.419. The third-order valence-corrected chi connectivity index (χ3v) is 1.71. The van der Waals surface area contributed by atoms with Gasteiger partial charge in [-0.2, -0.15) is 4.98 Å². The van der Waals surface area contributed by atoms with Gasteiger partial charge in [-0.15, -0.1) is 0 Å². The Bertz CT molecular complexity index is 410. The van der Waals surface area contributed by atoms with Crippen LogP contribution in [0.15, 0.2) is 29.1 Å². The van der Waals surface area contributed by atoms with Crippen molar-refractivity contribution in [3.8, 4) is 11.4 Å². The molecule has 0 aliphatic heterocycles. The maximum absolute atomic E-state index is 5.62. The first-order valence-electron chi connectivity index (χ1n) is 3.69. The molecule has 0 spiro atoms. The van der Waals surface area contributed by atoms with Crippen LogP contribution in [0.1, 0.15) is 0 Å². The van der Waals surface area contributed by atoms with Crippen LogP contribution in [0.5, 0.6) is 0 Å². The molecule has 2 aromatic rings. The zero-order valence-electron chi connectivity index (χ0n) is 6.77. The fraction of sp³-hybridized carbons (Fsp3) is 0. The van der Waals surface area contributed by atoms with Crippen LogP contribution in [0.2, 0.25) is 0 Å². The van der Waals surface area contributed by atoms with Crippen LogP contribution in [0.25, 0.3) is 11.4 Å². The van der Waals surface area contributed by atoms with Gasteiger partial charge in [0.2, 0.25) is 12.2 Å². The van der Waals surface area contributed by atoms with Crippen LogP contribution in [0, 0.1) is 0 Å². The number of aromatic nitrogens is 2. The largest absolute Gasteiger partial charge is 0.397 e. The normalized spacial score (nSPS) is 10.2. The van der Waals surface area contributed by atoms with Gasteiger partial charge >= 0.3 is 0 Å². The molecular formula is C8H8N4O. The van der Waals surface area contributed by atoms with E-state index in [-0.39, 0.29) is 0 Å². The molecular weight excluding hydrogens is 168 g/mol. The summed E-state index contributed by atoms with van der Waals surface area (Å²) in [5.41, 5.74) is 13.0. The van der Waals surface area contributed by atoms with Gasteiger partial charge in [-0.1, -0.05) is 5.16 Å². The Morgan fingerprint density at radius 3 is 2.62 bits per heavy atom. The Balaban J connectivity index is 2.49. The van der Waals surface area contributed by atoms with Gasteiger partial charge < -0.3 is 16.0 Å². The van der Waals surface area contributed by atoms with Gasteiger partial charge in [-0.05, 0) is 18.2 Å². The molecule has 5 nitrogen and oxygen atoms in total. The minimum absolute atomic E-state index is 0.506. The lowest BCUT2D eigenvalue weighted by Crippen LogP contribution is -1.94. The first-order valence-corrected chi connectivity index (χ1v) is 3.69. The maximum Gasteiger partial charge on any atom is 0.214 e. The van der Waals surface area contributed by atoms with Crippen LogP contribution >= 0.6 is 0 Å².